The zero-order valence-electron chi connectivity index (χ0n) is 9.18. The third-order valence-corrected chi connectivity index (χ3v) is 4.14. The minimum absolute atomic E-state index is 0.236. The summed E-state index contributed by atoms with van der Waals surface area (Å²) in [5, 5.41) is 3.75. The summed E-state index contributed by atoms with van der Waals surface area (Å²) in [5.74, 6) is -0.236. The van der Waals surface area contributed by atoms with Crippen LogP contribution in [0.3, 0.4) is 0 Å². The van der Waals surface area contributed by atoms with E-state index in [1.807, 2.05) is 18.2 Å². The van der Waals surface area contributed by atoms with E-state index in [0.717, 1.165) is 14.6 Å². The van der Waals surface area contributed by atoms with Crippen LogP contribution in [-0.2, 0) is 6.54 Å². The first kappa shape index (κ1) is 13.8. The highest BCUT2D eigenvalue weighted by Crippen LogP contribution is 2.26. The topological polar surface area (TPSA) is 12.0 Å². The standard InChI is InChI=1S/C13H9Br2ClFN/c14-9-2-1-8(13(17)5-9)7-18-10-3-4-11(15)12(16)6-10/h1-6,18H,7H2. The monoisotopic (exact) mass is 391 g/mol. The first-order valence-corrected chi connectivity index (χ1v) is 7.15. The number of benzene rings is 2. The van der Waals surface area contributed by atoms with Gasteiger partial charge in [-0.25, -0.2) is 4.39 Å². The molecule has 0 aliphatic rings. The Morgan fingerprint density at radius 2 is 1.89 bits per heavy atom. The average Bonchev–Trinajstić information content (AvgIpc) is 2.32. The summed E-state index contributed by atoms with van der Waals surface area (Å²) in [4.78, 5) is 0. The number of hydrogen-bond donors (Lipinski definition) is 1. The van der Waals surface area contributed by atoms with Crippen LogP contribution in [0.1, 0.15) is 5.56 Å². The van der Waals surface area contributed by atoms with Crippen LogP contribution >= 0.6 is 43.5 Å². The molecule has 5 heteroatoms. The van der Waals surface area contributed by atoms with Gasteiger partial charge in [-0.1, -0.05) is 33.6 Å². The van der Waals surface area contributed by atoms with Gasteiger partial charge in [-0.2, -0.15) is 0 Å². The van der Waals surface area contributed by atoms with Crippen molar-refractivity contribution in [2.45, 2.75) is 6.54 Å². The van der Waals surface area contributed by atoms with Crippen molar-refractivity contribution >= 4 is 49.1 Å². The van der Waals surface area contributed by atoms with Gasteiger partial charge >= 0.3 is 0 Å². The van der Waals surface area contributed by atoms with Gasteiger partial charge in [0.05, 0.1) is 5.02 Å². The van der Waals surface area contributed by atoms with E-state index in [0.29, 0.717) is 17.1 Å². The molecule has 0 radical (unpaired) electrons. The van der Waals surface area contributed by atoms with Crippen molar-refractivity contribution in [3.05, 3.63) is 61.7 Å². The number of anilines is 1. The molecule has 18 heavy (non-hydrogen) atoms. The molecule has 0 bridgehead atoms. The normalized spacial score (nSPS) is 10.4. The Hall–Kier alpha value is -0.580. The Morgan fingerprint density at radius 3 is 2.56 bits per heavy atom. The summed E-state index contributed by atoms with van der Waals surface area (Å²) in [5.41, 5.74) is 1.46. The highest BCUT2D eigenvalue weighted by atomic mass is 79.9. The zero-order valence-corrected chi connectivity index (χ0v) is 13.1. The Kier molecular flexibility index (Phi) is 4.65. The fraction of sp³-hybridized carbons (Fsp3) is 0.0769. The number of hydrogen-bond acceptors (Lipinski definition) is 1. The third kappa shape index (κ3) is 3.46. The molecule has 0 amide bonds. The van der Waals surface area contributed by atoms with Gasteiger partial charge in [0, 0.05) is 26.7 Å². The molecular formula is C13H9Br2ClFN. The van der Waals surface area contributed by atoms with Gasteiger partial charge in [0.15, 0.2) is 0 Å². The van der Waals surface area contributed by atoms with Crippen LogP contribution in [0, 0.1) is 5.82 Å². The van der Waals surface area contributed by atoms with Crippen LogP contribution < -0.4 is 5.32 Å². The fourth-order valence-corrected chi connectivity index (χ4v) is 2.23. The van der Waals surface area contributed by atoms with Crippen molar-refractivity contribution in [1.82, 2.24) is 0 Å². The second-order valence-electron chi connectivity index (χ2n) is 3.72. The summed E-state index contributed by atoms with van der Waals surface area (Å²) in [6, 6.07) is 10.5. The van der Waals surface area contributed by atoms with E-state index >= 15 is 0 Å². The summed E-state index contributed by atoms with van der Waals surface area (Å²) >= 11 is 12.5. The SMILES string of the molecule is Fc1cc(Br)ccc1CNc1ccc(Br)c(Cl)c1. The van der Waals surface area contributed by atoms with Gasteiger partial charge in [-0.15, -0.1) is 0 Å². The van der Waals surface area contributed by atoms with Crippen LogP contribution in [0.2, 0.25) is 5.02 Å². The largest absolute Gasteiger partial charge is 0.381 e. The molecule has 1 nitrogen and oxygen atoms in total. The van der Waals surface area contributed by atoms with Crippen molar-refractivity contribution in [2.75, 3.05) is 5.32 Å². The average molecular weight is 393 g/mol. The predicted octanol–water partition coefficient (Wildman–Crippen LogP) is 5.62. The molecule has 0 aromatic heterocycles. The van der Waals surface area contributed by atoms with Gasteiger partial charge in [-0.3, -0.25) is 0 Å². The molecule has 2 rings (SSSR count). The van der Waals surface area contributed by atoms with Crippen LogP contribution in [-0.4, -0.2) is 0 Å². The number of nitrogens with one attached hydrogen (secondary N) is 1. The molecule has 0 atom stereocenters. The highest BCUT2D eigenvalue weighted by Gasteiger charge is 2.03. The first-order valence-electron chi connectivity index (χ1n) is 5.19. The van der Waals surface area contributed by atoms with Gasteiger partial charge in [-0.05, 0) is 46.3 Å². The molecule has 0 spiro atoms. The molecule has 94 valence electrons. The molecular weight excluding hydrogens is 384 g/mol. The van der Waals surface area contributed by atoms with Crippen molar-refractivity contribution in [2.24, 2.45) is 0 Å². The maximum absolute atomic E-state index is 13.6. The molecule has 0 heterocycles. The van der Waals surface area contributed by atoms with Crippen molar-refractivity contribution in [3.63, 3.8) is 0 Å². The predicted molar refractivity (Wildman–Crippen MR) is 80.6 cm³/mol. The quantitative estimate of drug-likeness (QED) is 0.714. The highest BCUT2D eigenvalue weighted by molar-refractivity contribution is 9.10. The Morgan fingerprint density at radius 1 is 1.11 bits per heavy atom. The van der Waals surface area contributed by atoms with Crippen LogP contribution in [0.15, 0.2) is 45.3 Å². The minimum Gasteiger partial charge on any atom is -0.381 e. The summed E-state index contributed by atoms with van der Waals surface area (Å²) in [7, 11) is 0. The second kappa shape index (κ2) is 6.04. The fourth-order valence-electron chi connectivity index (χ4n) is 1.47. The summed E-state index contributed by atoms with van der Waals surface area (Å²) in [6.45, 7) is 0.414. The lowest BCUT2D eigenvalue weighted by molar-refractivity contribution is 0.612. The summed E-state index contributed by atoms with van der Waals surface area (Å²) < 4.78 is 15.2. The van der Waals surface area contributed by atoms with Crippen LogP contribution in [0.5, 0.6) is 0 Å². The number of halogens is 4. The molecule has 0 aliphatic carbocycles. The van der Waals surface area contributed by atoms with E-state index in [9.17, 15) is 4.39 Å². The molecule has 2 aromatic carbocycles. The Bertz CT molecular complexity index is 575. The second-order valence-corrected chi connectivity index (χ2v) is 5.90. The summed E-state index contributed by atoms with van der Waals surface area (Å²) in [6.07, 6.45) is 0. The van der Waals surface area contributed by atoms with Crippen LogP contribution in [0.4, 0.5) is 10.1 Å². The Balaban J connectivity index is 2.09. The van der Waals surface area contributed by atoms with Crippen LogP contribution in [0.25, 0.3) is 0 Å². The van der Waals surface area contributed by atoms with Crippen molar-refractivity contribution in [3.8, 4) is 0 Å². The molecule has 1 N–H and O–H groups in total. The molecule has 0 fully saturated rings. The van der Waals surface area contributed by atoms with Gasteiger partial charge in [0.2, 0.25) is 0 Å². The third-order valence-electron chi connectivity index (χ3n) is 2.42. The van der Waals surface area contributed by atoms with E-state index in [1.165, 1.54) is 6.07 Å². The van der Waals surface area contributed by atoms with E-state index in [2.05, 4.69) is 37.2 Å². The maximum Gasteiger partial charge on any atom is 0.129 e. The van der Waals surface area contributed by atoms with Gasteiger partial charge in [0.1, 0.15) is 5.82 Å². The van der Waals surface area contributed by atoms with E-state index < -0.39 is 0 Å². The molecule has 0 aliphatic heterocycles. The van der Waals surface area contributed by atoms with Crippen molar-refractivity contribution < 1.29 is 4.39 Å². The lowest BCUT2D eigenvalue weighted by Gasteiger charge is -2.08. The van der Waals surface area contributed by atoms with E-state index in [4.69, 9.17) is 11.6 Å². The van der Waals surface area contributed by atoms with Crippen molar-refractivity contribution in [1.29, 1.82) is 0 Å². The van der Waals surface area contributed by atoms with E-state index in [-0.39, 0.29) is 5.82 Å². The zero-order chi connectivity index (χ0) is 13.1. The van der Waals surface area contributed by atoms with Gasteiger partial charge in [0.25, 0.3) is 0 Å². The Labute approximate surface area is 127 Å². The smallest absolute Gasteiger partial charge is 0.129 e. The molecule has 0 saturated heterocycles. The minimum atomic E-state index is -0.236. The van der Waals surface area contributed by atoms with Gasteiger partial charge < -0.3 is 5.32 Å². The lowest BCUT2D eigenvalue weighted by Crippen LogP contribution is -2.01. The molecule has 0 unspecified atom stereocenters. The molecule has 2 aromatic rings. The van der Waals surface area contributed by atoms with E-state index in [1.54, 1.807) is 12.1 Å². The number of rotatable bonds is 3. The lowest BCUT2D eigenvalue weighted by atomic mass is 10.2. The maximum atomic E-state index is 13.6. The molecule has 0 saturated carbocycles. The first-order chi connectivity index (χ1) is 8.56.